The van der Waals surface area contributed by atoms with E-state index in [4.69, 9.17) is 9.47 Å². The molecule has 0 radical (unpaired) electrons. The molecule has 0 aliphatic heterocycles. The van der Waals surface area contributed by atoms with Crippen LogP contribution in [-0.2, 0) is 21.1 Å². The minimum absolute atomic E-state index is 0. The summed E-state index contributed by atoms with van der Waals surface area (Å²) in [6.07, 6.45) is 3.51. The second-order valence-electron chi connectivity index (χ2n) is 7.48. The Hall–Kier alpha value is -2.97. The van der Waals surface area contributed by atoms with Crippen LogP contribution < -0.4 is 9.47 Å². The van der Waals surface area contributed by atoms with Gasteiger partial charge in [-0.15, -0.1) is 69.8 Å². The van der Waals surface area contributed by atoms with Crippen LogP contribution in [0.1, 0.15) is 22.3 Å². The third-order valence-corrected chi connectivity index (χ3v) is 5.50. The molecule has 4 aromatic rings. The van der Waals surface area contributed by atoms with Crippen LogP contribution in [0.3, 0.4) is 0 Å². The van der Waals surface area contributed by atoms with Crippen molar-refractivity contribution in [3.63, 3.8) is 0 Å². The van der Waals surface area contributed by atoms with E-state index >= 15 is 0 Å². The van der Waals surface area contributed by atoms with Crippen LogP contribution >= 0.6 is 0 Å². The normalized spacial score (nSPS) is 9.88. The SMILES string of the molecule is COc1ccnc(-c2[c-]ccc(C)c2C)c1.COc1ccnc(-c2[c-]ccc(C)c2C)c1.[Pt+2]. The maximum absolute atomic E-state index is 5.19. The summed E-state index contributed by atoms with van der Waals surface area (Å²) in [4.78, 5) is 8.70. The quantitative estimate of drug-likeness (QED) is 0.250. The van der Waals surface area contributed by atoms with E-state index in [0.717, 1.165) is 34.0 Å². The van der Waals surface area contributed by atoms with Gasteiger partial charge in [0.2, 0.25) is 0 Å². The summed E-state index contributed by atoms with van der Waals surface area (Å²) in [5, 5.41) is 0. The van der Waals surface area contributed by atoms with Crippen molar-refractivity contribution in [2.45, 2.75) is 27.7 Å². The van der Waals surface area contributed by atoms with Crippen LogP contribution in [0.25, 0.3) is 22.5 Å². The zero-order valence-electron chi connectivity index (χ0n) is 19.8. The molecule has 0 saturated carbocycles. The largest absolute Gasteiger partial charge is 2.00 e. The summed E-state index contributed by atoms with van der Waals surface area (Å²) < 4.78 is 10.4. The molecule has 4 nitrogen and oxygen atoms in total. The van der Waals surface area contributed by atoms with E-state index in [1.807, 2.05) is 36.4 Å². The van der Waals surface area contributed by atoms with Crippen molar-refractivity contribution in [1.82, 2.24) is 9.97 Å². The Morgan fingerprint density at radius 3 is 1.39 bits per heavy atom. The molecule has 2 aromatic heterocycles. The minimum Gasteiger partial charge on any atom is -0.497 e. The van der Waals surface area contributed by atoms with E-state index in [9.17, 15) is 0 Å². The molecule has 0 unspecified atom stereocenters. The molecule has 0 atom stereocenters. The molecule has 2 heterocycles. The van der Waals surface area contributed by atoms with Crippen LogP contribution in [0.15, 0.2) is 60.9 Å². The van der Waals surface area contributed by atoms with E-state index in [1.54, 1.807) is 26.6 Å². The van der Waals surface area contributed by atoms with Gasteiger partial charge < -0.3 is 19.4 Å². The van der Waals surface area contributed by atoms with Gasteiger partial charge in [0, 0.05) is 12.4 Å². The van der Waals surface area contributed by atoms with Crippen LogP contribution in [0.5, 0.6) is 11.5 Å². The van der Waals surface area contributed by atoms with Crippen molar-refractivity contribution in [2.24, 2.45) is 0 Å². The summed E-state index contributed by atoms with van der Waals surface area (Å²) >= 11 is 0. The molecule has 0 amide bonds. The van der Waals surface area contributed by atoms with Gasteiger partial charge in [-0.3, -0.25) is 0 Å². The third kappa shape index (κ3) is 6.52. The fourth-order valence-electron chi connectivity index (χ4n) is 3.24. The van der Waals surface area contributed by atoms with Crippen molar-refractivity contribution in [3.05, 3.63) is 95.3 Å². The van der Waals surface area contributed by atoms with Gasteiger partial charge in [-0.05, 0) is 35.7 Å². The molecular weight excluding hydrogens is 591 g/mol. The average Bonchev–Trinajstić information content (AvgIpc) is 2.83. The first kappa shape index (κ1) is 26.3. The van der Waals surface area contributed by atoms with Gasteiger partial charge in [-0.1, -0.05) is 27.7 Å². The number of pyridine rings is 2. The molecule has 0 N–H and O–H groups in total. The summed E-state index contributed by atoms with van der Waals surface area (Å²) in [5.74, 6) is 1.64. The van der Waals surface area contributed by atoms with Gasteiger partial charge in [-0.2, -0.15) is 0 Å². The van der Waals surface area contributed by atoms with E-state index in [0.29, 0.717) is 0 Å². The molecular formula is C28H28N2O2Pt. The number of methoxy groups -OCH3 is 2. The third-order valence-electron chi connectivity index (χ3n) is 5.50. The fraction of sp³-hybridized carbons (Fsp3) is 0.214. The molecule has 0 bridgehead atoms. The fourth-order valence-corrected chi connectivity index (χ4v) is 3.24. The second kappa shape index (κ2) is 12.3. The zero-order chi connectivity index (χ0) is 23.1. The summed E-state index contributed by atoms with van der Waals surface area (Å²) in [5.41, 5.74) is 8.81. The van der Waals surface area contributed by atoms with Crippen LogP contribution in [0, 0.1) is 39.8 Å². The molecule has 172 valence electrons. The van der Waals surface area contributed by atoms with Gasteiger partial charge in [-0.25, -0.2) is 0 Å². The Bertz CT molecular complexity index is 1110. The van der Waals surface area contributed by atoms with Crippen LogP contribution in [0.2, 0.25) is 0 Å². The number of hydrogen-bond acceptors (Lipinski definition) is 4. The van der Waals surface area contributed by atoms with E-state index in [2.05, 4.69) is 61.9 Å². The van der Waals surface area contributed by atoms with Crippen molar-refractivity contribution >= 4 is 0 Å². The predicted molar refractivity (Wildman–Crippen MR) is 129 cm³/mol. The summed E-state index contributed by atoms with van der Waals surface area (Å²) in [6.45, 7) is 8.35. The minimum atomic E-state index is 0. The number of ether oxygens (including phenoxy) is 2. The summed E-state index contributed by atoms with van der Waals surface area (Å²) in [6, 6.07) is 22.0. The molecule has 33 heavy (non-hydrogen) atoms. The van der Waals surface area contributed by atoms with E-state index in [-0.39, 0.29) is 21.1 Å². The molecule has 0 aliphatic carbocycles. The Balaban J connectivity index is 0.000000227. The van der Waals surface area contributed by atoms with Gasteiger partial charge in [0.1, 0.15) is 11.5 Å². The van der Waals surface area contributed by atoms with Gasteiger partial charge in [0.15, 0.2) is 0 Å². The topological polar surface area (TPSA) is 44.2 Å². The molecule has 2 aromatic carbocycles. The zero-order valence-corrected chi connectivity index (χ0v) is 22.1. The Kier molecular flexibility index (Phi) is 9.81. The number of benzene rings is 2. The standard InChI is InChI=1S/2C14H14NO.Pt/c2*1-10-5-4-6-13(11(10)2)14-9-12(16-3)7-8-15-14;/h2*4-5,7-9H,1-3H3;/q2*-1;+2. The maximum Gasteiger partial charge on any atom is 2.00 e. The van der Waals surface area contributed by atoms with Gasteiger partial charge in [0.05, 0.1) is 14.2 Å². The van der Waals surface area contributed by atoms with Crippen molar-refractivity contribution in [3.8, 4) is 34.0 Å². The second-order valence-corrected chi connectivity index (χ2v) is 7.48. The number of nitrogens with zero attached hydrogens (tertiary/aromatic N) is 2. The summed E-state index contributed by atoms with van der Waals surface area (Å²) in [7, 11) is 3.32. The number of hydrogen-bond donors (Lipinski definition) is 0. The first-order valence-electron chi connectivity index (χ1n) is 10.4. The smallest absolute Gasteiger partial charge is 0.497 e. The Morgan fingerprint density at radius 2 is 1.03 bits per heavy atom. The van der Waals surface area contributed by atoms with Crippen molar-refractivity contribution in [2.75, 3.05) is 14.2 Å². The number of aryl methyl sites for hydroxylation is 2. The Morgan fingerprint density at radius 1 is 0.636 bits per heavy atom. The molecule has 4 rings (SSSR count). The van der Waals surface area contributed by atoms with Crippen LogP contribution in [-0.4, -0.2) is 24.2 Å². The van der Waals surface area contributed by atoms with Crippen LogP contribution in [0.4, 0.5) is 0 Å². The van der Waals surface area contributed by atoms with E-state index < -0.39 is 0 Å². The Labute approximate surface area is 211 Å². The molecule has 0 saturated heterocycles. The maximum atomic E-state index is 5.19. The van der Waals surface area contributed by atoms with E-state index in [1.165, 1.54) is 22.3 Å². The molecule has 0 fully saturated rings. The number of rotatable bonds is 4. The monoisotopic (exact) mass is 619 g/mol. The molecule has 0 aliphatic rings. The molecule has 0 spiro atoms. The van der Waals surface area contributed by atoms with Gasteiger partial charge >= 0.3 is 21.1 Å². The van der Waals surface area contributed by atoms with Crippen molar-refractivity contribution in [1.29, 1.82) is 0 Å². The number of aromatic nitrogens is 2. The van der Waals surface area contributed by atoms with Gasteiger partial charge in [0.25, 0.3) is 0 Å². The first-order valence-corrected chi connectivity index (χ1v) is 10.4. The first-order chi connectivity index (χ1) is 15.4. The van der Waals surface area contributed by atoms with Crippen molar-refractivity contribution < 1.29 is 30.5 Å². The predicted octanol–water partition coefficient (Wildman–Crippen LogP) is 6.35. The molecule has 5 heteroatoms. The average molecular weight is 620 g/mol.